The van der Waals surface area contributed by atoms with E-state index in [1.54, 1.807) is 24.0 Å². The number of para-hydroxylation sites is 1. The van der Waals surface area contributed by atoms with Crippen LogP contribution in [0.25, 0.3) is 0 Å². The van der Waals surface area contributed by atoms with E-state index in [-0.39, 0.29) is 23.3 Å². The van der Waals surface area contributed by atoms with Crippen LogP contribution < -0.4 is 0 Å². The van der Waals surface area contributed by atoms with Crippen molar-refractivity contribution in [2.24, 2.45) is 0 Å². The van der Waals surface area contributed by atoms with Crippen LogP contribution in [0, 0.1) is 17.0 Å². The molecule has 0 aromatic heterocycles. The molecule has 1 fully saturated rings. The predicted octanol–water partition coefficient (Wildman–Crippen LogP) is 3.12. The first kappa shape index (κ1) is 16.1. The molecule has 6 heteroatoms. The number of nitrogens with zero attached hydrogens (tertiary/aromatic N) is 2. The number of morpholine rings is 1. The molecule has 0 spiro atoms. The van der Waals surface area contributed by atoms with Gasteiger partial charge in [0.25, 0.3) is 11.6 Å². The molecule has 1 unspecified atom stereocenters. The Morgan fingerprint density at radius 1 is 1.21 bits per heavy atom. The average Bonchev–Trinajstić information content (AvgIpc) is 2.61. The zero-order valence-corrected chi connectivity index (χ0v) is 13.3. The Bertz CT molecular complexity index is 761. The topological polar surface area (TPSA) is 72.7 Å². The quantitative estimate of drug-likeness (QED) is 0.642. The van der Waals surface area contributed by atoms with E-state index in [4.69, 9.17) is 4.74 Å². The van der Waals surface area contributed by atoms with Gasteiger partial charge in [0.2, 0.25) is 0 Å². The van der Waals surface area contributed by atoms with Crippen LogP contribution in [0.2, 0.25) is 0 Å². The lowest BCUT2D eigenvalue weighted by molar-refractivity contribution is -0.385. The summed E-state index contributed by atoms with van der Waals surface area (Å²) in [5, 5.41) is 11.3. The van der Waals surface area contributed by atoms with Crippen molar-refractivity contribution >= 4 is 11.6 Å². The maximum atomic E-state index is 12.8. The smallest absolute Gasteiger partial charge is 0.285 e. The molecule has 0 saturated carbocycles. The molecule has 124 valence electrons. The molecule has 24 heavy (non-hydrogen) atoms. The number of hydrogen-bond acceptors (Lipinski definition) is 4. The van der Waals surface area contributed by atoms with Gasteiger partial charge in [-0.3, -0.25) is 14.9 Å². The van der Waals surface area contributed by atoms with Gasteiger partial charge in [0.15, 0.2) is 0 Å². The van der Waals surface area contributed by atoms with Gasteiger partial charge < -0.3 is 9.64 Å². The van der Waals surface area contributed by atoms with Crippen LogP contribution in [0.5, 0.6) is 0 Å². The van der Waals surface area contributed by atoms with Gasteiger partial charge in [-0.25, -0.2) is 0 Å². The fourth-order valence-electron chi connectivity index (χ4n) is 2.95. The van der Waals surface area contributed by atoms with Crippen molar-refractivity contribution in [3.05, 3.63) is 75.3 Å². The molecule has 1 aliphatic heterocycles. The van der Waals surface area contributed by atoms with E-state index in [9.17, 15) is 14.9 Å². The number of nitro groups is 1. The summed E-state index contributed by atoms with van der Waals surface area (Å²) in [6.45, 7) is 2.85. The van der Waals surface area contributed by atoms with Gasteiger partial charge in [0.05, 0.1) is 18.1 Å². The fourth-order valence-corrected chi connectivity index (χ4v) is 2.95. The number of nitro benzene ring substituents is 1. The lowest BCUT2D eigenvalue weighted by atomic mass is 10.0. The summed E-state index contributed by atoms with van der Waals surface area (Å²) in [7, 11) is 0. The highest BCUT2D eigenvalue weighted by molar-refractivity contribution is 5.98. The lowest BCUT2D eigenvalue weighted by Gasteiger charge is -2.33. The third kappa shape index (κ3) is 3.14. The Balaban J connectivity index is 1.86. The third-order valence-corrected chi connectivity index (χ3v) is 4.18. The van der Waals surface area contributed by atoms with Crippen molar-refractivity contribution in [1.29, 1.82) is 0 Å². The highest BCUT2D eigenvalue weighted by Crippen LogP contribution is 2.27. The van der Waals surface area contributed by atoms with Crippen LogP contribution >= 0.6 is 0 Å². The first-order valence-electron chi connectivity index (χ1n) is 7.77. The van der Waals surface area contributed by atoms with E-state index in [1.807, 2.05) is 30.3 Å². The monoisotopic (exact) mass is 326 g/mol. The van der Waals surface area contributed by atoms with Crippen molar-refractivity contribution in [2.75, 3.05) is 19.7 Å². The zero-order chi connectivity index (χ0) is 17.1. The minimum Gasteiger partial charge on any atom is -0.370 e. The molecule has 0 bridgehead atoms. The fraction of sp³-hybridized carbons (Fsp3) is 0.278. The summed E-state index contributed by atoms with van der Waals surface area (Å²) in [5.41, 5.74) is 1.49. The molecule has 2 aromatic carbocycles. The van der Waals surface area contributed by atoms with E-state index in [0.717, 1.165) is 5.56 Å². The van der Waals surface area contributed by atoms with Crippen molar-refractivity contribution in [3.8, 4) is 0 Å². The number of benzene rings is 2. The van der Waals surface area contributed by atoms with Gasteiger partial charge in [-0.1, -0.05) is 42.5 Å². The highest BCUT2D eigenvalue weighted by Gasteiger charge is 2.30. The Morgan fingerprint density at radius 3 is 2.67 bits per heavy atom. The molecule has 1 heterocycles. The minimum absolute atomic E-state index is 0.120. The van der Waals surface area contributed by atoms with Gasteiger partial charge in [-0.2, -0.15) is 0 Å². The van der Waals surface area contributed by atoms with Gasteiger partial charge in [-0.15, -0.1) is 0 Å². The van der Waals surface area contributed by atoms with E-state index in [1.165, 1.54) is 6.07 Å². The molecule has 1 amide bonds. The molecule has 3 rings (SSSR count). The Kier molecular flexibility index (Phi) is 4.57. The second-order valence-electron chi connectivity index (χ2n) is 5.75. The maximum Gasteiger partial charge on any atom is 0.285 e. The molecule has 2 aromatic rings. The highest BCUT2D eigenvalue weighted by atomic mass is 16.6. The van der Waals surface area contributed by atoms with Gasteiger partial charge in [0, 0.05) is 12.1 Å². The minimum atomic E-state index is -0.488. The van der Waals surface area contributed by atoms with Crippen LogP contribution in [-0.4, -0.2) is 35.4 Å². The van der Waals surface area contributed by atoms with Crippen LogP contribution in [0.4, 0.5) is 5.69 Å². The van der Waals surface area contributed by atoms with Crippen molar-refractivity contribution in [3.63, 3.8) is 0 Å². The first-order chi connectivity index (χ1) is 11.6. The maximum absolute atomic E-state index is 12.8. The molecule has 6 nitrogen and oxygen atoms in total. The zero-order valence-electron chi connectivity index (χ0n) is 13.3. The third-order valence-electron chi connectivity index (χ3n) is 4.18. The first-order valence-corrected chi connectivity index (χ1v) is 7.77. The number of rotatable bonds is 3. The van der Waals surface area contributed by atoms with Crippen LogP contribution in [-0.2, 0) is 4.74 Å². The van der Waals surface area contributed by atoms with Crippen LogP contribution in [0.15, 0.2) is 48.5 Å². The van der Waals surface area contributed by atoms with E-state index in [0.29, 0.717) is 25.3 Å². The summed E-state index contributed by atoms with van der Waals surface area (Å²) in [6.07, 6.45) is -0.215. The second-order valence-corrected chi connectivity index (χ2v) is 5.75. The van der Waals surface area contributed by atoms with Crippen LogP contribution in [0.3, 0.4) is 0 Å². The largest absolute Gasteiger partial charge is 0.370 e. The molecular weight excluding hydrogens is 308 g/mol. The molecule has 1 atom stereocenters. The summed E-state index contributed by atoms with van der Waals surface area (Å²) < 4.78 is 5.75. The average molecular weight is 326 g/mol. The molecule has 0 N–H and O–H groups in total. The number of hydrogen-bond donors (Lipinski definition) is 0. The molecular formula is C18H18N2O4. The van der Waals surface area contributed by atoms with Gasteiger partial charge in [0.1, 0.15) is 11.7 Å². The molecule has 0 aliphatic carbocycles. The van der Waals surface area contributed by atoms with Crippen molar-refractivity contribution in [2.45, 2.75) is 13.0 Å². The number of ether oxygens (including phenoxy) is 1. The van der Waals surface area contributed by atoms with Gasteiger partial charge >= 0.3 is 0 Å². The SMILES string of the molecule is Cc1cccc(C(=O)N2CCOC(c3ccccc3)C2)c1[N+](=O)[O-]. The van der Waals surface area contributed by atoms with Crippen LogP contribution in [0.1, 0.15) is 27.6 Å². The van der Waals surface area contributed by atoms with Gasteiger partial charge in [-0.05, 0) is 18.6 Å². The number of amides is 1. The molecule has 1 saturated heterocycles. The second kappa shape index (κ2) is 6.80. The molecule has 1 aliphatic rings. The van der Waals surface area contributed by atoms with Crippen molar-refractivity contribution < 1.29 is 14.5 Å². The Morgan fingerprint density at radius 2 is 1.96 bits per heavy atom. The standard InChI is InChI=1S/C18H18N2O4/c1-13-6-5-9-15(17(13)20(22)23)18(21)19-10-11-24-16(12-19)14-7-3-2-4-8-14/h2-9,16H,10-12H2,1H3. The van der Waals surface area contributed by atoms with E-state index < -0.39 is 4.92 Å². The lowest BCUT2D eigenvalue weighted by Crippen LogP contribution is -2.42. The summed E-state index contributed by atoms with van der Waals surface area (Å²) >= 11 is 0. The summed E-state index contributed by atoms with van der Waals surface area (Å²) in [5.74, 6) is -0.324. The normalized spacial score (nSPS) is 17.5. The molecule has 0 radical (unpaired) electrons. The van der Waals surface area contributed by atoms with E-state index in [2.05, 4.69) is 0 Å². The van der Waals surface area contributed by atoms with E-state index >= 15 is 0 Å². The van der Waals surface area contributed by atoms with Crippen molar-refractivity contribution in [1.82, 2.24) is 4.90 Å². The predicted molar refractivity (Wildman–Crippen MR) is 88.9 cm³/mol. The number of carbonyl (C=O) groups is 1. The number of aryl methyl sites for hydroxylation is 1. The summed E-state index contributed by atoms with van der Waals surface area (Å²) in [6, 6.07) is 14.5. The number of carbonyl (C=O) groups excluding carboxylic acids is 1. The Hall–Kier alpha value is -2.73. The Labute approximate surface area is 139 Å². The summed E-state index contributed by atoms with van der Waals surface area (Å²) in [4.78, 5) is 25.3.